The van der Waals surface area contributed by atoms with E-state index in [1.807, 2.05) is 4.57 Å². The molecule has 1 saturated heterocycles. The molecule has 2 N–H and O–H groups in total. The number of aromatic nitrogens is 3. The van der Waals surface area contributed by atoms with Crippen molar-refractivity contribution in [2.45, 2.75) is 45.7 Å². The second-order valence-corrected chi connectivity index (χ2v) is 6.98. The Balaban J connectivity index is 1.90. The number of hydrogen-bond acceptors (Lipinski definition) is 5. The summed E-state index contributed by atoms with van der Waals surface area (Å²) in [4.78, 5) is 20.4. The molecule has 9 heteroatoms. The first-order valence-electron chi connectivity index (χ1n) is 9.88. The summed E-state index contributed by atoms with van der Waals surface area (Å²) < 4.78 is 2.03. The maximum Gasteiger partial charge on any atom is 0.243 e. The summed E-state index contributed by atoms with van der Waals surface area (Å²) in [6.07, 6.45) is 5.04. The summed E-state index contributed by atoms with van der Waals surface area (Å²) in [6.45, 7) is 8.91. The van der Waals surface area contributed by atoms with Crippen molar-refractivity contribution < 1.29 is 4.79 Å². The van der Waals surface area contributed by atoms with Crippen molar-refractivity contribution in [3.8, 4) is 0 Å². The monoisotopic (exact) mass is 378 g/mol. The molecule has 1 aliphatic heterocycles. The van der Waals surface area contributed by atoms with E-state index >= 15 is 0 Å². The smallest absolute Gasteiger partial charge is 0.243 e. The second kappa shape index (κ2) is 10.9. The van der Waals surface area contributed by atoms with E-state index in [1.165, 1.54) is 12.8 Å². The Morgan fingerprint density at radius 3 is 2.89 bits per heavy atom. The molecule has 0 spiro atoms. The summed E-state index contributed by atoms with van der Waals surface area (Å²) in [5, 5.41) is 14.8. The van der Waals surface area contributed by atoms with Crippen molar-refractivity contribution in [3.05, 3.63) is 12.2 Å². The lowest BCUT2D eigenvalue weighted by atomic mass is 10.2. The first-order valence-corrected chi connectivity index (χ1v) is 9.88. The average molecular weight is 379 g/mol. The normalized spacial score (nSPS) is 17.9. The van der Waals surface area contributed by atoms with Crippen LogP contribution in [0.2, 0.25) is 0 Å². The number of guanidine groups is 1. The molecule has 1 fully saturated rings. The number of likely N-dealkylation sites (N-methyl/N-ethyl adjacent to an activating group) is 2. The minimum absolute atomic E-state index is 0.0146. The van der Waals surface area contributed by atoms with Gasteiger partial charge in [-0.25, -0.2) is 4.99 Å². The number of hydrogen-bond donors (Lipinski definition) is 2. The molecule has 0 saturated carbocycles. The molecule has 0 radical (unpaired) electrons. The van der Waals surface area contributed by atoms with E-state index in [1.54, 1.807) is 25.3 Å². The molecular weight excluding hydrogens is 344 g/mol. The van der Waals surface area contributed by atoms with E-state index in [0.29, 0.717) is 18.5 Å². The zero-order chi connectivity index (χ0) is 19.6. The molecular formula is C18H34N8O. The first kappa shape index (κ1) is 21.1. The highest BCUT2D eigenvalue weighted by Crippen LogP contribution is 2.15. The van der Waals surface area contributed by atoms with Gasteiger partial charge in [-0.2, -0.15) is 0 Å². The van der Waals surface area contributed by atoms with Gasteiger partial charge in [0.15, 0.2) is 5.96 Å². The molecule has 1 amide bonds. The summed E-state index contributed by atoms with van der Waals surface area (Å²) in [6, 6.07) is 0.524. The van der Waals surface area contributed by atoms with Crippen LogP contribution in [0, 0.1) is 0 Å². The van der Waals surface area contributed by atoms with Gasteiger partial charge < -0.3 is 20.1 Å². The first-order chi connectivity index (χ1) is 13.0. The van der Waals surface area contributed by atoms with Crippen LogP contribution >= 0.6 is 0 Å². The Kier molecular flexibility index (Phi) is 8.50. The standard InChI is InChI=1S/C18H34N8O/c1-5-16-23-22-14-26(16)11-9-19-18(21-13-17(27)24(3)4)20-12-15-8-7-10-25(15)6-2/h14-15H,5-13H2,1-4H3,(H2,19,20,21). The maximum absolute atomic E-state index is 11.9. The highest BCUT2D eigenvalue weighted by Gasteiger charge is 2.22. The summed E-state index contributed by atoms with van der Waals surface area (Å²) in [5.41, 5.74) is 0. The summed E-state index contributed by atoms with van der Waals surface area (Å²) in [7, 11) is 3.49. The van der Waals surface area contributed by atoms with Crippen molar-refractivity contribution in [3.63, 3.8) is 0 Å². The number of rotatable bonds is 9. The number of nitrogens with zero attached hydrogens (tertiary/aromatic N) is 6. The van der Waals surface area contributed by atoms with Gasteiger partial charge in [0, 0.05) is 46.2 Å². The Hall–Kier alpha value is -2.16. The Bertz CT molecular complexity index is 612. The van der Waals surface area contributed by atoms with Crippen LogP contribution in [-0.2, 0) is 17.8 Å². The topological polar surface area (TPSA) is 90.7 Å². The van der Waals surface area contributed by atoms with Gasteiger partial charge in [-0.15, -0.1) is 10.2 Å². The zero-order valence-electron chi connectivity index (χ0n) is 17.1. The van der Waals surface area contributed by atoms with Gasteiger partial charge in [-0.1, -0.05) is 13.8 Å². The van der Waals surface area contributed by atoms with Gasteiger partial charge in [-0.3, -0.25) is 9.69 Å². The number of nitrogens with one attached hydrogen (secondary N) is 2. The molecule has 1 atom stereocenters. The number of carbonyl (C=O) groups excluding carboxylic acids is 1. The van der Waals surface area contributed by atoms with Crippen LogP contribution in [0.4, 0.5) is 0 Å². The number of likely N-dealkylation sites (tertiary alicyclic amines) is 1. The number of carbonyl (C=O) groups is 1. The largest absolute Gasteiger partial charge is 0.355 e. The van der Waals surface area contributed by atoms with E-state index in [4.69, 9.17) is 0 Å². The molecule has 27 heavy (non-hydrogen) atoms. The van der Waals surface area contributed by atoms with Crippen LogP contribution in [0.25, 0.3) is 0 Å². The van der Waals surface area contributed by atoms with Crippen molar-refractivity contribution in [2.75, 3.05) is 46.8 Å². The van der Waals surface area contributed by atoms with Crippen LogP contribution in [0.15, 0.2) is 11.3 Å². The summed E-state index contributed by atoms with van der Waals surface area (Å²) >= 11 is 0. The van der Waals surface area contributed by atoms with Gasteiger partial charge >= 0.3 is 0 Å². The zero-order valence-corrected chi connectivity index (χ0v) is 17.1. The van der Waals surface area contributed by atoms with Gasteiger partial charge in [0.2, 0.25) is 5.91 Å². The second-order valence-electron chi connectivity index (χ2n) is 6.98. The highest BCUT2D eigenvalue weighted by molar-refractivity contribution is 5.84. The predicted octanol–water partition coefficient (Wildman–Crippen LogP) is -0.0518. The van der Waals surface area contributed by atoms with E-state index in [-0.39, 0.29) is 12.5 Å². The van der Waals surface area contributed by atoms with Crippen LogP contribution in [0.3, 0.4) is 0 Å². The van der Waals surface area contributed by atoms with Crippen LogP contribution in [0.5, 0.6) is 0 Å². The van der Waals surface area contributed by atoms with Crippen molar-refractivity contribution in [1.29, 1.82) is 0 Å². The van der Waals surface area contributed by atoms with Gasteiger partial charge in [0.25, 0.3) is 0 Å². The van der Waals surface area contributed by atoms with Crippen LogP contribution in [0.1, 0.15) is 32.5 Å². The third-order valence-electron chi connectivity index (χ3n) is 4.94. The van der Waals surface area contributed by atoms with Crippen molar-refractivity contribution in [2.24, 2.45) is 4.99 Å². The number of aliphatic imine (C=N–C) groups is 1. The highest BCUT2D eigenvalue weighted by atomic mass is 16.2. The molecule has 0 bridgehead atoms. The van der Waals surface area contributed by atoms with Crippen LogP contribution < -0.4 is 10.6 Å². The fourth-order valence-electron chi connectivity index (χ4n) is 3.25. The fourth-order valence-corrected chi connectivity index (χ4v) is 3.25. The maximum atomic E-state index is 11.9. The fraction of sp³-hybridized carbons (Fsp3) is 0.778. The van der Waals surface area contributed by atoms with Crippen LogP contribution in [-0.4, -0.2) is 89.3 Å². The van der Waals surface area contributed by atoms with E-state index in [9.17, 15) is 4.79 Å². The van der Waals surface area contributed by atoms with E-state index in [2.05, 4.69) is 44.6 Å². The molecule has 1 unspecified atom stereocenters. The Labute approximate surface area is 162 Å². The number of aryl methyl sites for hydroxylation is 1. The quantitative estimate of drug-likeness (QED) is 0.462. The van der Waals surface area contributed by atoms with Gasteiger partial charge in [-0.05, 0) is 25.9 Å². The molecule has 2 heterocycles. The van der Waals surface area contributed by atoms with Crippen molar-refractivity contribution >= 4 is 11.9 Å². The van der Waals surface area contributed by atoms with Gasteiger partial charge in [0.05, 0.1) is 0 Å². The molecule has 0 aromatic carbocycles. The Morgan fingerprint density at radius 2 is 2.19 bits per heavy atom. The number of amides is 1. The molecule has 1 aromatic rings. The molecule has 2 rings (SSSR count). The molecule has 9 nitrogen and oxygen atoms in total. The van der Waals surface area contributed by atoms with E-state index in [0.717, 1.165) is 38.4 Å². The molecule has 152 valence electrons. The van der Waals surface area contributed by atoms with E-state index < -0.39 is 0 Å². The summed E-state index contributed by atoms with van der Waals surface area (Å²) in [5.74, 6) is 1.63. The lowest BCUT2D eigenvalue weighted by Crippen LogP contribution is -2.46. The van der Waals surface area contributed by atoms with Gasteiger partial charge in [0.1, 0.15) is 18.7 Å². The lowest BCUT2D eigenvalue weighted by molar-refractivity contribution is -0.127. The third-order valence-corrected chi connectivity index (χ3v) is 4.94. The minimum Gasteiger partial charge on any atom is -0.355 e. The Morgan fingerprint density at radius 1 is 1.37 bits per heavy atom. The SMILES string of the molecule is CCc1nncn1CCNC(=NCC(=O)N(C)C)NCC1CCCN1CC. The third kappa shape index (κ3) is 6.50. The van der Waals surface area contributed by atoms with Crippen molar-refractivity contribution in [1.82, 2.24) is 35.2 Å². The molecule has 1 aromatic heterocycles. The lowest BCUT2D eigenvalue weighted by Gasteiger charge is -2.24. The predicted molar refractivity (Wildman–Crippen MR) is 107 cm³/mol. The minimum atomic E-state index is -0.0146. The average Bonchev–Trinajstić information content (AvgIpc) is 3.31. The molecule has 0 aliphatic carbocycles. The molecule has 1 aliphatic rings.